The second-order valence-electron chi connectivity index (χ2n) is 7.42. The monoisotopic (exact) mass is 372 g/mol. The largest absolute Gasteiger partial charge is 0.343 e. The topological polar surface area (TPSA) is 37.3 Å². The van der Waals surface area contributed by atoms with Gasteiger partial charge in [-0.15, -0.1) is 0 Å². The van der Waals surface area contributed by atoms with Gasteiger partial charge in [-0.2, -0.15) is 0 Å². The van der Waals surface area contributed by atoms with Crippen LogP contribution in [-0.4, -0.2) is 4.89 Å². The van der Waals surface area contributed by atoms with Crippen LogP contribution < -0.4 is 0 Å². The maximum absolute atomic E-state index is 13.7. The van der Waals surface area contributed by atoms with Crippen LogP contribution in [0, 0.1) is 0 Å². The summed E-state index contributed by atoms with van der Waals surface area (Å²) in [4.78, 5) is 11.3. The Hall–Kier alpha value is -2.41. The maximum Gasteiger partial charge on any atom is 0.215 e. The fraction of sp³-hybridized carbons (Fsp3) is 0.167. The van der Waals surface area contributed by atoms with Gasteiger partial charge >= 0.3 is 0 Å². The highest BCUT2D eigenvalue weighted by Gasteiger charge is 2.47. The SMILES string of the molecule is O=P1(O)C(c2cccc3ccccc23)CCC1c1cccc2ccccc12. The van der Waals surface area contributed by atoms with Crippen LogP contribution in [0.4, 0.5) is 0 Å². The van der Waals surface area contributed by atoms with E-state index < -0.39 is 7.37 Å². The van der Waals surface area contributed by atoms with E-state index in [0.29, 0.717) is 0 Å². The average Bonchev–Trinajstić information content (AvgIpc) is 3.01. The van der Waals surface area contributed by atoms with Crippen molar-refractivity contribution in [3.8, 4) is 0 Å². The molecule has 1 N–H and O–H groups in total. The molecule has 0 aliphatic carbocycles. The summed E-state index contributed by atoms with van der Waals surface area (Å²) in [5.74, 6) is 0. The van der Waals surface area contributed by atoms with Crippen LogP contribution in [0.1, 0.15) is 35.3 Å². The number of fused-ring (bicyclic) bond motifs is 2. The van der Waals surface area contributed by atoms with Crippen molar-refractivity contribution in [3.63, 3.8) is 0 Å². The molecule has 0 spiro atoms. The average molecular weight is 372 g/mol. The molecule has 1 aliphatic heterocycles. The Balaban J connectivity index is 1.64. The summed E-state index contributed by atoms with van der Waals surface area (Å²) in [6.45, 7) is 0. The van der Waals surface area contributed by atoms with Gasteiger partial charge in [0.1, 0.15) is 0 Å². The Morgan fingerprint density at radius 1 is 0.630 bits per heavy atom. The zero-order valence-electron chi connectivity index (χ0n) is 15.0. The summed E-state index contributed by atoms with van der Waals surface area (Å²) < 4.78 is 13.7. The molecule has 1 aliphatic rings. The van der Waals surface area contributed by atoms with Crippen LogP contribution in [0.2, 0.25) is 0 Å². The third-order valence-electron chi connectivity index (χ3n) is 5.97. The lowest BCUT2D eigenvalue weighted by Crippen LogP contribution is -1.99. The van der Waals surface area contributed by atoms with E-state index in [2.05, 4.69) is 36.4 Å². The van der Waals surface area contributed by atoms with E-state index in [1.54, 1.807) is 0 Å². The Labute approximate surface area is 158 Å². The molecule has 4 aromatic rings. The molecule has 2 unspecified atom stereocenters. The molecule has 27 heavy (non-hydrogen) atoms. The van der Waals surface area contributed by atoms with Crippen LogP contribution in [0.15, 0.2) is 84.9 Å². The van der Waals surface area contributed by atoms with Crippen molar-refractivity contribution >= 4 is 28.9 Å². The molecular weight excluding hydrogens is 351 g/mol. The predicted molar refractivity (Wildman–Crippen MR) is 112 cm³/mol. The van der Waals surface area contributed by atoms with Crippen molar-refractivity contribution in [1.29, 1.82) is 0 Å². The summed E-state index contributed by atoms with van der Waals surface area (Å²) in [6.07, 6.45) is 1.49. The van der Waals surface area contributed by atoms with Crippen molar-refractivity contribution < 1.29 is 9.46 Å². The summed E-state index contributed by atoms with van der Waals surface area (Å²) in [5.41, 5.74) is 1.43. The second-order valence-corrected chi connectivity index (χ2v) is 10.0. The van der Waals surface area contributed by atoms with E-state index in [1.807, 2.05) is 48.5 Å². The lowest BCUT2D eigenvalue weighted by atomic mass is 9.97. The summed E-state index contributed by atoms with van der Waals surface area (Å²) in [7, 11) is -3.42. The zero-order chi connectivity index (χ0) is 18.4. The minimum atomic E-state index is -3.42. The van der Waals surface area contributed by atoms with Gasteiger partial charge in [0, 0.05) is 0 Å². The van der Waals surface area contributed by atoms with E-state index in [-0.39, 0.29) is 11.3 Å². The van der Waals surface area contributed by atoms with Crippen molar-refractivity contribution in [1.82, 2.24) is 0 Å². The van der Waals surface area contributed by atoms with Gasteiger partial charge in [0.25, 0.3) is 0 Å². The molecule has 4 aromatic carbocycles. The second kappa shape index (κ2) is 6.34. The van der Waals surface area contributed by atoms with Gasteiger partial charge in [-0.1, -0.05) is 84.9 Å². The highest BCUT2D eigenvalue weighted by atomic mass is 31.2. The van der Waals surface area contributed by atoms with Crippen molar-refractivity contribution in [2.75, 3.05) is 0 Å². The molecular formula is C24H21O2P. The predicted octanol–water partition coefficient (Wildman–Crippen LogP) is 6.84. The van der Waals surface area contributed by atoms with Crippen molar-refractivity contribution in [2.24, 2.45) is 0 Å². The first-order valence-corrected chi connectivity index (χ1v) is 11.2. The van der Waals surface area contributed by atoms with E-state index >= 15 is 0 Å². The third kappa shape index (κ3) is 2.64. The Morgan fingerprint density at radius 3 is 1.52 bits per heavy atom. The minimum Gasteiger partial charge on any atom is -0.343 e. The molecule has 0 radical (unpaired) electrons. The standard InChI is InChI=1S/C24H21O2P/c25-27(26)23(21-13-5-9-17-7-1-3-11-19(17)21)15-16-24(27)22-14-6-10-18-8-2-4-12-20(18)22/h1-14,23-24H,15-16H2,(H,25,26). The molecule has 1 saturated heterocycles. The fourth-order valence-electron chi connectivity index (χ4n) is 4.69. The molecule has 2 nitrogen and oxygen atoms in total. The van der Waals surface area contributed by atoms with Crippen LogP contribution in [-0.2, 0) is 4.57 Å². The van der Waals surface area contributed by atoms with Crippen LogP contribution in [0.25, 0.3) is 21.5 Å². The van der Waals surface area contributed by atoms with E-state index in [1.165, 1.54) is 0 Å². The van der Waals surface area contributed by atoms with Gasteiger partial charge in [-0.3, -0.25) is 4.57 Å². The molecule has 0 saturated carbocycles. The molecule has 5 rings (SSSR count). The molecule has 0 amide bonds. The normalized spacial score (nSPS) is 25.2. The first kappa shape index (κ1) is 16.7. The van der Waals surface area contributed by atoms with Crippen molar-refractivity contribution in [2.45, 2.75) is 24.2 Å². The van der Waals surface area contributed by atoms with Gasteiger partial charge < -0.3 is 4.89 Å². The smallest absolute Gasteiger partial charge is 0.215 e. The molecule has 2 atom stereocenters. The Morgan fingerprint density at radius 2 is 1.04 bits per heavy atom. The summed E-state index contributed by atoms with van der Waals surface area (Å²) >= 11 is 0. The Kier molecular flexibility index (Phi) is 3.93. The molecule has 1 heterocycles. The molecule has 1 fully saturated rings. The van der Waals surface area contributed by atoms with Gasteiger partial charge in [-0.25, -0.2) is 0 Å². The molecule has 0 aromatic heterocycles. The van der Waals surface area contributed by atoms with Gasteiger partial charge in [0.05, 0.1) is 11.3 Å². The lowest BCUT2D eigenvalue weighted by Gasteiger charge is -2.23. The highest BCUT2D eigenvalue weighted by Crippen LogP contribution is 2.74. The third-order valence-corrected chi connectivity index (χ3v) is 8.83. The number of benzene rings is 4. The first-order valence-electron chi connectivity index (χ1n) is 9.44. The summed E-state index contributed by atoms with van der Waals surface area (Å²) in [6, 6.07) is 28.5. The number of hydrogen-bond donors (Lipinski definition) is 1. The van der Waals surface area contributed by atoms with E-state index in [4.69, 9.17) is 0 Å². The number of rotatable bonds is 2. The molecule has 3 heteroatoms. The van der Waals surface area contributed by atoms with Gasteiger partial charge in [0.15, 0.2) is 0 Å². The van der Waals surface area contributed by atoms with E-state index in [0.717, 1.165) is 45.5 Å². The van der Waals surface area contributed by atoms with Crippen LogP contribution in [0.3, 0.4) is 0 Å². The summed E-state index contributed by atoms with van der Waals surface area (Å²) in [5, 5.41) is 4.45. The highest BCUT2D eigenvalue weighted by molar-refractivity contribution is 7.59. The van der Waals surface area contributed by atoms with Crippen molar-refractivity contribution in [3.05, 3.63) is 96.1 Å². The Bertz CT molecular complexity index is 1100. The maximum atomic E-state index is 13.7. The van der Waals surface area contributed by atoms with Crippen LogP contribution >= 0.6 is 7.37 Å². The van der Waals surface area contributed by atoms with Crippen LogP contribution in [0.5, 0.6) is 0 Å². The van der Waals surface area contributed by atoms with Gasteiger partial charge in [0.2, 0.25) is 7.37 Å². The first-order chi connectivity index (χ1) is 13.2. The molecule has 134 valence electrons. The zero-order valence-corrected chi connectivity index (χ0v) is 15.8. The van der Waals surface area contributed by atoms with Gasteiger partial charge in [-0.05, 0) is 45.5 Å². The van der Waals surface area contributed by atoms with E-state index in [9.17, 15) is 9.46 Å². The minimum absolute atomic E-state index is 0.299. The molecule has 0 bridgehead atoms. The lowest BCUT2D eigenvalue weighted by molar-refractivity contribution is 0.466. The quantitative estimate of drug-likeness (QED) is 0.391. The number of hydrogen-bond acceptors (Lipinski definition) is 1. The fourth-order valence-corrected chi connectivity index (χ4v) is 7.41.